The number of hydrogen-bond acceptors (Lipinski definition) is 4. The summed E-state index contributed by atoms with van der Waals surface area (Å²) in [6, 6.07) is 5.51. The average Bonchev–Trinajstić information content (AvgIpc) is 3.09. The maximum Gasteiger partial charge on any atom is 0.256 e. The molecule has 0 saturated carbocycles. The normalized spacial score (nSPS) is 15.6. The van der Waals surface area contributed by atoms with Crippen LogP contribution in [-0.2, 0) is 11.8 Å². The molecule has 1 fully saturated rings. The third-order valence-corrected chi connectivity index (χ3v) is 4.84. The number of aryl methyl sites for hydroxylation is 1. The minimum atomic E-state index is -0.508. The molecule has 7 nitrogen and oxygen atoms in total. The highest BCUT2D eigenvalue weighted by Gasteiger charge is 2.28. The molecule has 2 N–H and O–H groups in total. The van der Waals surface area contributed by atoms with Crippen molar-refractivity contribution >= 4 is 24.2 Å². The molecule has 1 aromatic carbocycles. The Morgan fingerprint density at radius 2 is 1.93 bits per heavy atom. The lowest BCUT2D eigenvalue weighted by molar-refractivity contribution is -0.124. The summed E-state index contributed by atoms with van der Waals surface area (Å²) in [6.07, 6.45) is 4.73. The van der Waals surface area contributed by atoms with Gasteiger partial charge in [0.05, 0.1) is 11.8 Å². The largest absolute Gasteiger partial charge is 0.352 e. The minimum Gasteiger partial charge on any atom is -0.352 e. The van der Waals surface area contributed by atoms with Crippen LogP contribution >= 0.6 is 12.4 Å². The predicted molar refractivity (Wildman–Crippen MR) is 106 cm³/mol. The van der Waals surface area contributed by atoms with Gasteiger partial charge in [0.25, 0.3) is 5.91 Å². The topological polar surface area (TPSA) is 79.3 Å². The number of halogens is 2. The number of likely N-dealkylation sites (N-methyl/N-ethyl adjacent to an activating group) is 1. The van der Waals surface area contributed by atoms with Crippen molar-refractivity contribution in [1.82, 2.24) is 25.3 Å². The van der Waals surface area contributed by atoms with Crippen LogP contribution in [0.15, 0.2) is 36.7 Å². The van der Waals surface area contributed by atoms with Crippen LogP contribution in [-0.4, -0.2) is 52.7 Å². The molecule has 3 rings (SSSR count). The van der Waals surface area contributed by atoms with Crippen LogP contribution in [0, 0.1) is 5.82 Å². The lowest BCUT2D eigenvalue weighted by Crippen LogP contribution is -2.48. The van der Waals surface area contributed by atoms with Crippen LogP contribution in [0.4, 0.5) is 4.39 Å². The molecule has 1 unspecified atom stereocenters. The number of carbonyl (C=O) groups excluding carboxylic acids is 2. The Balaban J connectivity index is 0.00000280. The number of nitrogens with one attached hydrogen (secondary N) is 2. The second kappa shape index (κ2) is 9.66. The molecule has 0 bridgehead atoms. The van der Waals surface area contributed by atoms with Gasteiger partial charge in [-0.3, -0.25) is 14.3 Å². The van der Waals surface area contributed by atoms with E-state index in [1.54, 1.807) is 48.2 Å². The van der Waals surface area contributed by atoms with Crippen molar-refractivity contribution in [3.8, 4) is 0 Å². The molecule has 2 aromatic rings. The van der Waals surface area contributed by atoms with E-state index in [0.717, 1.165) is 5.56 Å². The first-order valence-electron chi connectivity index (χ1n) is 8.99. The number of likely N-dealkylation sites (tertiary alicyclic amines) is 1. The number of aromatic nitrogens is 2. The van der Waals surface area contributed by atoms with Crippen LogP contribution in [0.3, 0.4) is 0 Å². The highest BCUT2D eigenvalue weighted by molar-refractivity contribution is 5.94. The summed E-state index contributed by atoms with van der Waals surface area (Å²) >= 11 is 0. The Hall–Kier alpha value is -2.45. The van der Waals surface area contributed by atoms with Gasteiger partial charge in [0.15, 0.2) is 0 Å². The Bertz CT molecular complexity index is 820. The van der Waals surface area contributed by atoms with Crippen molar-refractivity contribution in [3.63, 3.8) is 0 Å². The van der Waals surface area contributed by atoms with E-state index in [1.807, 2.05) is 0 Å². The zero-order chi connectivity index (χ0) is 19.4. The molecule has 9 heteroatoms. The van der Waals surface area contributed by atoms with Gasteiger partial charge in [-0.25, -0.2) is 4.39 Å². The van der Waals surface area contributed by atoms with Gasteiger partial charge in [0.2, 0.25) is 5.91 Å². The third kappa shape index (κ3) is 4.88. The van der Waals surface area contributed by atoms with Crippen molar-refractivity contribution in [1.29, 1.82) is 0 Å². The van der Waals surface area contributed by atoms with Crippen LogP contribution in [0.1, 0.15) is 34.8 Å². The van der Waals surface area contributed by atoms with E-state index < -0.39 is 11.9 Å². The van der Waals surface area contributed by atoms with E-state index in [-0.39, 0.29) is 35.8 Å². The van der Waals surface area contributed by atoms with E-state index >= 15 is 0 Å². The van der Waals surface area contributed by atoms with Gasteiger partial charge in [-0.05, 0) is 32.0 Å². The zero-order valence-electron chi connectivity index (χ0n) is 15.9. The summed E-state index contributed by atoms with van der Waals surface area (Å²) in [4.78, 5) is 26.7. The number of carbonyl (C=O) groups is 2. The van der Waals surface area contributed by atoms with E-state index in [2.05, 4.69) is 15.7 Å². The molecule has 1 aliphatic heterocycles. The Morgan fingerprint density at radius 1 is 1.25 bits per heavy atom. The van der Waals surface area contributed by atoms with E-state index in [0.29, 0.717) is 25.9 Å². The molecule has 1 aliphatic rings. The van der Waals surface area contributed by atoms with Gasteiger partial charge in [-0.2, -0.15) is 5.10 Å². The Kier molecular flexibility index (Phi) is 7.53. The van der Waals surface area contributed by atoms with Gasteiger partial charge in [-0.15, -0.1) is 12.4 Å². The molecule has 0 radical (unpaired) electrons. The molecule has 1 saturated heterocycles. The predicted octanol–water partition coefficient (Wildman–Crippen LogP) is 1.66. The summed E-state index contributed by atoms with van der Waals surface area (Å²) < 4.78 is 15.5. The first kappa shape index (κ1) is 21.8. The van der Waals surface area contributed by atoms with Crippen LogP contribution in [0.25, 0.3) is 0 Å². The summed E-state index contributed by atoms with van der Waals surface area (Å²) in [5.74, 6) is -0.933. The SMILES string of the molecule is CNC(C(=O)NC1CCN(C(=O)c2ccccc2F)CC1)c1cnn(C)c1.Cl. The molecular weight excluding hydrogens is 385 g/mol. The van der Waals surface area contributed by atoms with Crippen LogP contribution in [0.2, 0.25) is 0 Å². The second-order valence-electron chi connectivity index (χ2n) is 6.72. The number of benzene rings is 1. The lowest BCUT2D eigenvalue weighted by Gasteiger charge is -2.33. The molecule has 1 atom stereocenters. The van der Waals surface area contributed by atoms with Gasteiger partial charge in [0.1, 0.15) is 11.9 Å². The van der Waals surface area contributed by atoms with Crippen LogP contribution in [0.5, 0.6) is 0 Å². The van der Waals surface area contributed by atoms with Crippen molar-refractivity contribution in [3.05, 3.63) is 53.6 Å². The average molecular weight is 410 g/mol. The maximum atomic E-state index is 13.8. The number of hydrogen-bond donors (Lipinski definition) is 2. The highest BCUT2D eigenvalue weighted by atomic mass is 35.5. The quantitative estimate of drug-likeness (QED) is 0.787. The summed E-state index contributed by atoms with van der Waals surface area (Å²) in [5, 5.41) is 10.1. The first-order chi connectivity index (χ1) is 13.0. The minimum absolute atomic E-state index is 0. The molecule has 0 spiro atoms. The fourth-order valence-corrected chi connectivity index (χ4v) is 3.35. The van der Waals surface area contributed by atoms with Gasteiger partial charge < -0.3 is 15.5 Å². The highest BCUT2D eigenvalue weighted by Crippen LogP contribution is 2.17. The van der Waals surface area contributed by atoms with Gasteiger partial charge >= 0.3 is 0 Å². The van der Waals surface area contributed by atoms with Gasteiger partial charge in [-0.1, -0.05) is 12.1 Å². The van der Waals surface area contributed by atoms with E-state index in [1.165, 1.54) is 12.1 Å². The summed E-state index contributed by atoms with van der Waals surface area (Å²) in [7, 11) is 3.53. The number of rotatable bonds is 5. The first-order valence-corrected chi connectivity index (χ1v) is 8.99. The maximum absolute atomic E-state index is 13.8. The molecular formula is C19H25ClFN5O2. The van der Waals surface area contributed by atoms with Crippen molar-refractivity contribution < 1.29 is 14.0 Å². The lowest BCUT2D eigenvalue weighted by atomic mass is 10.0. The summed E-state index contributed by atoms with van der Waals surface area (Å²) in [5.41, 5.74) is 0.886. The molecule has 0 aliphatic carbocycles. The van der Waals surface area contributed by atoms with Crippen molar-refractivity contribution in [2.45, 2.75) is 24.9 Å². The van der Waals surface area contributed by atoms with E-state index in [9.17, 15) is 14.0 Å². The number of nitrogens with zero attached hydrogens (tertiary/aromatic N) is 3. The van der Waals surface area contributed by atoms with Crippen LogP contribution < -0.4 is 10.6 Å². The van der Waals surface area contributed by atoms with E-state index in [4.69, 9.17) is 0 Å². The number of piperidine rings is 1. The molecule has 2 heterocycles. The fourth-order valence-electron chi connectivity index (χ4n) is 3.35. The Labute approximate surface area is 169 Å². The third-order valence-electron chi connectivity index (χ3n) is 4.84. The smallest absolute Gasteiger partial charge is 0.256 e. The number of amides is 2. The molecule has 28 heavy (non-hydrogen) atoms. The summed E-state index contributed by atoms with van der Waals surface area (Å²) in [6.45, 7) is 0.963. The van der Waals surface area contributed by atoms with Crippen molar-refractivity contribution in [2.75, 3.05) is 20.1 Å². The standard InChI is InChI=1S/C19H24FN5O2.ClH/c1-21-17(13-11-22-24(2)12-13)18(26)23-14-7-9-25(10-8-14)19(27)15-5-3-4-6-16(15)20;/h3-6,11-12,14,17,21H,7-10H2,1-2H3,(H,23,26);1H. The molecule has 1 aromatic heterocycles. The zero-order valence-corrected chi connectivity index (χ0v) is 16.7. The monoisotopic (exact) mass is 409 g/mol. The molecule has 152 valence electrons. The second-order valence-corrected chi connectivity index (χ2v) is 6.72. The Morgan fingerprint density at radius 3 is 2.50 bits per heavy atom. The van der Waals surface area contributed by atoms with Gasteiger partial charge in [0, 0.05) is 37.9 Å². The fraction of sp³-hybridized carbons (Fsp3) is 0.421. The van der Waals surface area contributed by atoms with Crippen molar-refractivity contribution in [2.24, 2.45) is 7.05 Å². The molecule has 2 amide bonds.